The highest BCUT2D eigenvalue weighted by Gasteiger charge is 2.06. The summed E-state index contributed by atoms with van der Waals surface area (Å²) in [5, 5.41) is 4.37. The largest absolute Gasteiger partial charge is 0.299 e. The molecule has 2 heterocycles. The number of halogens is 1. The summed E-state index contributed by atoms with van der Waals surface area (Å²) in [5.74, 6) is 1.83. The molecule has 0 aromatic carbocycles. The standard InChI is InChI=1S/C12H17BrN4S/c1-9-14-10(2)17(15-9)7-6-16(3)8-11-4-5-12(13)18-11/h4-5H,6-8H2,1-3H3. The van der Waals surface area contributed by atoms with Crippen LogP contribution < -0.4 is 0 Å². The molecule has 2 aromatic rings. The summed E-state index contributed by atoms with van der Waals surface area (Å²) in [6.07, 6.45) is 0. The average Bonchev–Trinajstić information content (AvgIpc) is 2.82. The lowest BCUT2D eigenvalue weighted by Gasteiger charge is -2.15. The third kappa shape index (κ3) is 3.63. The van der Waals surface area contributed by atoms with Gasteiger partial charge in [0, 0.05) is 18.0 Å². The Morgan fingerprint density at radius 1 is 1.39 bits per heavy atom. The molecule has 0 fully saturated rings. The molecule has 0 spiro atoms. The molecule has 0 saturated carbocycles. The summed E-state index contributed by atoms with van der Waals surface area (Å²) in [5.41, 5.74) is 0. The number of nitrogens with zero attached hydrogens (tertiary/aromatic N) is 4. The van der Waals surface area contributed by atoms with Crippen LogP contribution in [-0.2, 0) is 13.1 Å². The van der Waals surface area contributed by atoms with E-state index in [1.165, 1.54) is 8.66 Å². The second-order valence-corrected chi connectivity index (χ2v) is 6.92. The first-order valence-corrected chi connectivity index (χ1v) is 7.46. The quantitative estimate of drug-likeness (QED) is 0.846. The molecule has 0 aliphatic heterocycles. The summed E-state index contributed by atoms with van der Waals surface area (Å²) >= 11 is 5.27. The van der Waals surface area contributed by atoms with Crippen molar-refractivity contribution >= 4 is 27.3 Å². The van der Waals surface area contributed by atoms with Gasteiger partial charge in [-0.15, -0.1) is 11.3 Å². The minimum Gasteiger partial charge on any atom is -0.299 e. The van der Waals surface area contributed by atoms with Gasteiger partial charge < -0.3 is 0 Å². The zero-order valence-corrected chi connectivity index (χ0v) is 13.3. The van der Waals surface area contributed by atoms with Crippen LogP contribution in [0.4, 0.5) is 0 Å². The van der Waals surface area contributed by atoms with Crippen LogP contribution in [-0.4, -0.2) is 33.3 Å². The molecule has 0 aliphatic carbocycles. The van der Waals surface area contributed by atoms with Gasteiger partial charge in [0.15, 0.2) is 0 Å². The fraction of sp³-hybridized carbons (Fsp3) is 0.500. The Hall–Kier alpha value is -0.720. The Kier molecular flexibility index (Phi) is 4.53. The Balaban J connectivity index is 1.85. The van der Waals surface area contributed by atoms with Crippen LogP contribution >= 0.6 is 27.3 Å². The summed E-state index contributed by atoms with van der Waals surface area (Å²) in [6.45, 7) is 6.75. The second-order valence-electron chi connectivity index (χ2n) is 4.37. The zero-order chi connectivity index (χ0) is 13.1. The molecular formula is C12H17BrN4S. The maximum absolute atomic E-state index is 4.37. The first kappa shape index (κ1) is 13.7. The molecule has 0 amide bonds. The van der Waals surface area contributed by atoms with Crippen molar-refractivity contribution in [2.45, 2.75) is 26.9 Å². The van der Waals surface area contributed by atoms with Gasteiger partial charge in [0.25, 0.3) is 0 Å². The highest BCUT2D eigenvalue weighted by Crippen LogP contribution is 2.22. The SMILES string of the molecule is Cc1nc(C)n(CCN(C)Cc2ccc(Br)s2)n1. The lowest BCUT2D eigenvalue weighted by atomic mass is 10.4. The molecule has 4 nitrogen and oxygen atoms in total. The van der Waals surface area contributed by atoms with Crippen molar-refractivity contribution in [3.05, 3.63) is 32.4 Å². The first-order valence-electron chi connectivity index (χ1n) is 5.85. The van der Waals surface area contributed by atoms with E-state index in [9.17, 15) is 0 Å². The Morgan fingerprint density at radius 3 is 2.72 bits per heavy atom. The molecule has 0 saturated heterocycles. The normalized spacial score (nSPS) is 11.4. The lowest BCUT2D eigenvalue weighted by Crippen LogP contribution is -2.23. The summed E-state index contributed by atoms with van der Waals surface area (Å²) in [4.78, 5) is 7.98. The number of hydrogen-bond acceptors (Lipinski definition) is 4. The Bertz CT molecular complexity index is 520. The van der Waals surface area contributed by atoms with Crippen LogP contribution in [0.5, 0.6) is 0 Å². The fourth-order valence-corrected chi connectivity index (χ4v) is 3.38. The van der Waals surface area contributed by atoms with Crippen molar-refractivity contribution in [3.8, 4) is 0 Å². The van der Waals surface area contributed by atoms with E-state index in [0.717, 1.165) is 31.3 Å². The molecule has 0 radical (unpaired) electrons. The van der Waals surface area contributed by atoms with Crippen LogP contribution in [0.1, 0.15) is 16.5 Å². The highest BCUT2D eigenvalue weighted by atomic mass is 79.9. The number of aryl methyl sites for hydroxylation is 2. The van der Waals surface area contributed by atoms with Crippen LogP contribution in [0, 0.1) is 13.8 Å². The third-order valence-corrected chi connectivity index (χ3v) is 4.32. The van der Waals surface area contributed by atoms with Gasteiger partial charge in [-0.1, -0.05) is 0 Å². The molecule has 0 N–H and O–H groups in total. The van der Waals surface area contributed by atoms with Gasteiger partial charge in [-0.3, -0.25) is 4.90 Å². The number of likely N-dealkylation sites (N-methyl/N-ethyl adjacent to an activating group) is 1. The first-order chi connectivity index (χ1) is 8.54. The van der Waals surface area contributed by atoms with Gasteiger partial charge in [0.1, 0.15) is 11.6 Å². The van der Waals surface area contributed by atoms with Gasteiger partial charge in [-0.2, -0.15) is 5.10 Å². The number of rotatable bonds is 5. The highest BCUT2D eigenvalue weighted by molar-refractivity contribution is 9.11. The van der Waals surface area contributed by atoms with Crippen LogP contribution in [0.25, 0.3) is 0 Å². The Labute approximate surface area is 120 Å². The van der Waals surface area contributed by atoms with E-state index < -0.39 is 0 Å². The molecule has 2 aromatic heterocycles. The van der Waals surface area contributed by atoms with Crippen molar-refractivity contribution < 1.29 is 0 Å². The van der Waals surface area contributed by atoms with Gasteiger partial charge in [-0.05, 0) is 49.0 Å². The van der Waals surface area contributed by atoms with E-state index in [4.69, 9.17) is 0 Å². The van der Waals surface area contributed by atoms with Crippen LogP contribution in [0.15, 0.2) is 15.9 Å². The molecule has 18 heavy (non-hydrogen) atoms. The van der Waals surface area contributed by atoms with Gasteiger partial charge in [-0.25, -0.2) is 9.67 Å². The number of thiophene rings is 1. The number of hydrogen-bond donors (Lipinski definition) is 0. The van der Waals surface area contributed by atoms with Crippen molar-refractivity contribution in [3.63, 3.8) is 0 Å². The molecule has 2 rings (SSSR count). The summed E-state index contributed by atoms with van der Waals surface area (Å²) < 4.78 is 3.16. The van der Waals surface area contributed by atoms with Gasteiger partial charge in [0.05, 0.1) is 10.3 Å². The predicted molar refractivity (Wildman–Crippen MR) is 77.8 cm³/mol. The van der Waals surface area contributed by atoms with E-state index in [0.29, 0.717) is 0 Å². The Morgan fingerprint density at radius 2 is 2.17 bits per heavy atom. The topological polar surface area (TPSA) is 34.0 Å². The molecule has 0 unspecified atom stereocenters. The molecule has 0 atom stereocenters. The van der Waals surface area contributed by atoms with Gasteiger partial charge >= 0.3 is 0 Å². The lowest BCUT2D eigenvalue weighted by molar-refractivity contribution is 0.306. The maximum Gasteiger partial charge on any atom is 0.147 e. The molecule has 0 bridgehead atoms. The zero-order valence-electron chi connectivity index (χ0n) is 10.9. The van der Waals surface area contributed by atoms with Crippen molar-refractivity contribution in [1.82, 2.24) is 19.7 Å². The van der Waals surface area contributed by atoms with Crippen LogP contribution in [0.3, 0.4) is 0 Å². The predicted octanol–water partition coefficient (Wildman–Crippen LogP) is 2.85. The molecule has 98 valence electrons. The van der Waals surface area contributed by atoms with Gasteiger partial charge in [0.2, 0.25) is 0 Å². The van der Waals surface area contributed by atoms with E-state index >= 15 is 0 Å². The summed E-state index contributed by atoms with van der Waals surface area (Å²) in [7, 11) is 2.13. The minimum absolute atomic E-state index is 0.845. The maximum atomic E-state index is 4.37. The van der Waals surface area contributed by atoms with E-state index in [1.54, 1.807) is 11.3 Å². The second kappa shape index (κ2) is 5.95. The average molecular weight is 329 g/mol. The number of aromatic nitrogens is 3. The fourth-order valence-electron chi connectivity index (χ4n) is 1.82. The van der Waals surface area contributed by atoms with E-state index in [2.05, 4.69) is 50.1 Å². The van der Waals surface area contributed by atoms with E-state index in [1.807, 2.05) is 18.5 Å². The monoisotopic (exact) mass is 328 g/mol. The third-order valence-electron chi connectivity index (χ3n) is 2.71. The smallest absolute Gasteiger partial charge is 0.147 e. The summed E-state index contributed by atoms with van der Waals surface area (Å²) in [6, 6.07) is 4.26. The molecular weight excluding hydrogens is 312 g/mol. The molecule has 6 heteroatoms. The van der Waals surface area contributed by atoms with Crippen molar-refractivity contribution in [2.75, 3.05) is 13.6 Å². The minimum atomic E-state index is 0.845. The van der Waals surface area contributed by atoms with Crippen molar-refractivity contribution in [1.29, 1.82) is 0 Å². The molecule has 0 aliphatic rings. The van der Waals surface area contributed by atoms with Crippen molar-refractivity contribution in [2.24, 2.45) is 0 Å². The van der Waals surface area contributed by atoms with Crippen LogP contribution in [0.2, 0.25) is 0 Å². The van der Waals surface area contributed by atoms with E-state index in [-0.39, 0.29) is 0 Å².